The highest BCUT2D eigenvalue weighted by atomic mass is 32.2. The Kier molecular flexibility index (Phi) is 13.7. The Morgan fingerprint density at radius 1 is 0.982 bits per heavy atom. The van der Waals surface area contributed by atoms with Crippen LogP contribution in [0.25, 0.3) is 28.3 Å². The molecule has 302 valence electrons. The summed E-state index contributed by atoms with van der Waals surface area (Å²) in [5.41, 5.74) is 7.68. The van der Waals surface area contributed by atoms with E-state index in [9.17, 15) is 13.2 Å². The molecule has 15 nitrogen and oxygen atoms in total. The maximum Gasteiger partial charge on any atom is 0.249 e. The van der Waals surface area contributed by atoms with E-state index in [2.05, 4.69) is 54.2 Å². The molecule has 1 aliphatic carbocycles. The molecule has 0 aromatic carbocycles. The van der Waals surface area contributed by atoms with E-state index in [0.29, 0.717) is 79.7 Å². The Balaban J connectivity index is 1.65. The number of anilines is 1. The Morgan fingerprint density at radius 2 is 1.64 bits per heavy atom. The van der Waals surface area contributed by atoms with Crippen LogP contribution in [0.5, 0.6) is 0 Å². The standard InChI is InChI=1S/C37H58N8O7SSi2/c1-49-17-18-52-37(36(38)46)13-11-27(12-14-37)31-32(53(2,47)48)35(44(25-50-19-21-54(3,4)5)26-51-20-22-55(6,7)8)45-34(43-31)29(24-42-45)28-9-10-30(41-23-28)33-39-15-16-40-33/h9-10,15-16,23-24,27H,11-14,17-22,25-26H2,1-8H3,(H2,38,46)(H,39,40). The van der Waals surface area contributed by atoms with Crippen molar-refractivity contribution in [2.24, 2.45) is 5.73 Å². The van der Waals surface area contributed by atoms with Gasteiger partial charge in [0.15, 0.2) is 27.1 Å². The molecule has 0 radical (unpaired) electrons. The summed E-state index contributed by atoms with van der Waals surface area (Å²) in [4.78, 5) is 31.9. The van der Waals surface area contributed by atoms with Crippen molar-refractivity contribution in [3.05, 3.63) is 42.6 Å². The van der Waals surface area contributed by atoms with Crippen LogP contribution in [0, 0.1) is 0 Å². The number of aromatic nitrogens is 6. The van der Waals surface area contributed by atoms with Gasteiger partial charge in [0.05, 0.1) is 25.1 Å². The number of carbonyl (C=O) groups excluding carboxylic acids is 1. The maximum absolute atomic E-state index is 14.1. The van der Waals surface area contributed by atoms with Crippen molar-refractivity contribution in [1.82, 2.24) is 29.5 Å². The van der Waals surface area contributed by atoms with Gasteiger partial charge in [-0.25, -0.2) is 18.4 Å². The zero-order chi connectivity index (χ0) is 40.0. The predicted octanol–water partition coefficient (Wildman–Crippen LogP) is 5.56. The van der Waals surface area contributed by atoms with Gasteiger partial charge in [-0.15, -0.1) is 0 Å². The number of ether oxygens (including phenoxy) is 4. The van der Waals surface area contributed by atoms with Crippen molar-refractivity contribution in [2.45, 2.75) is 93.5 Å². The molecule has 1 amide bonds. The predicted molar refractivity (Wildman–Crippen MR) is 218 cm³/mol. The lowest BCUT2D eigenvalue weighted by molar-refractivity contribution is -0.151. The average molecular weight is 815 g/mol. The molecule has 1 fully saturated rings. The van der Waals surface area contributed by atoms with E-state index in [1.54, 1.807) is 36.4 Å². The average Bonchev–Trinajstić information content (AvgIpc) is 3.81. The number of sulfone groups is 1. The number of imidazole rings is 1. The third kappa shape index (κ3) is 10.9. The lowest BCUT2D eigenvalue weighted by atomic mass is 9.76. The summed E-state index contributed by atoms with van der Waals surface area (Å²) in [6, 6.07) is 5.67. The topological polar surface area (TPSA) is 189 Å². The minimum Gasteiger partial charge on any atom is -0.382 e. The first kappa shape index (κ1) is 42.6. The molecule has 0 atom stereocenters. The molecule has 0 bridgehead atoms. The second kappa shape index (κ2) is 17.7. The second-order valence-corrected chi connectivity index (χ2v) is 30.0. The molecule has 1 saturated carbocycles. The highest BCUT2D eigenvalue weighted by Crippen LogP contribution is 2.44. The van der Waals surface area contributed by atoms with Gasteiger partial charge in [-0.2, -0.15) is 9.61 Å². The van der Waals surface area contributed by atoms with E-state index in [4.69, 9.17) is 34.8 Å². The minimum absolute atomic E-state index is 0.0559. The molecule has 0 spiro atoms. The fourth-order valence-electron chi connectivity index (χ4n) is 6.60. The summed E-state index contributed by atoms with van der Waals surface area (Å²) >= 11 is 0. The molecule has 0 aliphatic heterocycles. The maximum atomic E-state index is 14.1. The number of H-pyrrole nitrogens is 1. The lowest BCUT2D eigenvalue weighted by Crippen LogP contribution is -2.49. The van der Waals surface area contributed by atoms with Gasteiger partial charge < -0.3 is 34.6 Å². The van der Waals surface area contributed by atoms with Crippen LogP contribution in [0.2, 0.25) is 51.4 Å². The SMILES string of the molecule is COCCOC1(C(N)=O)CCC(c2nc3c(-c4ccc(-c5ncc[nH]5)nc4)cnn3c(N(COCC[Si](C)(C)C)COCC[Si](C)(C)C)c2S(C)(=O)=O)CC1. The Hall–Kier alpha value is -3.53. The molecule has 4 aromatic heterocycles. The van der Waals surface area contributed by atoms with Crippen molar-refractivity contribution < 1.29 is 32.2 Å². The van der Waals surface area contributed by atoms with Crippen LogP contribution < -0.4 is 10.6 Å². The molecule has 0 unspecified atom stereocenters. The van der Waals surface area contributed by atoms with Crippen LogP contribution in [-0.4, -0.2) is 119 Å². The molecule has 4 heterocycles. The molecule has 3 N–H and O–H groups in total. The van der Waals surface area contributed by atoms with Crippen molar-refractivity contribution in [2.75, 3.05) is 58.2 Å². The highest BCUT2D eigenvalue weighted by Gasteiger charge is 2.44. The molecule has 0 saturated heterocycles. The van der Waals surface area contributed by atoms with Crippen LogP contribution in [-0.2, 0) is 33.6 Å². The smallest absolute Gasteiger partial charge is 0.249 e. The van der Waals surface area contributed by atoms with Crippen molar-refractivity contribution in [1.29, 1.82) is 0 Å². The fourth-order valence-corrected chi connectivity index (χ4v) is 9.25. The van der Waals surface area contributed by atoms with Gasteiger partial charge in [0.2, 0.25) is 5.91 Å². The largest absolute Gasteiger partial charge is 0.382 e. The van der Waals surface area contributed by atoms with Crippen LogP contribution in [0.1, 0.15) is 37.3 Å². The molecule has 55 heavy (non-hydrogen) atoms. The third-order valence-corrected chi connectivity index (χ3v) is 14.4. The summed E-state index contributed by atoms with van der Waals surface area (Å²) in [6.07, 6.45) is 9.47. The molecule has 1 aliphatic rings. The normalized spacial score (nSPS) is 18.2. The molecular formula is C37H58N8O7SSi2. The zero-order valence-corrected chi connectivity index (χ0v) is 36.4. The number of rotatable bonds is 20. The van der Waals surface area contributed by atoms with Gasteiger partial charge in [-0.05, 0) is 43.8 Å². The van der Waals surface area contributed by atoms with E-state index < -0.39 is 37.5 Å². The van der Waals surface area contributed by atoms with Crippen LogP contribution >= 0.6 is 0 Å². The minimum atomic E-state index is -3.93. The first-order chi connectivity index (χ1) is 25.9. The monoisotopic (exact) mass is 814 g/mol. The number of aromatic amines is 1. The molecule has 5 rings (SSSR count). The summed E-state index contributed by atoms with van der Waals surface area (Å²) in [5.74, 6) is 0.0751. The van der Waals surface area contributed by atoms with Gasteiger partial charge >= 0.3 is 0 Å². The number of nitrogens with two attached hydrogens (primary N) is 1. The number of fused-ring (bicyclic) bond motifs is 1. The quantitative estimate of drug-likeness (QED) is 0.0643. The van der Waals surface area contributed by atoms with Crippen molar-refractivity contribution in [3.8, 4) is 22.6 Å². The number of pyridine rings is 1. The first-order valence-corrected chi connectivity index (χ1v) is 28.1. The number of hydrogen-bond donors (Lipinski definition) is 2. The van der Waals surface area contributed by atoms with Crippen molar-refractivity contribution >= 4 is 43.4 Å². The van der Waals surface area contributed by atoms with Gasteiger partial charge in [0.25, 0.3) is 0 Å². The molecule has 18 heteroatoms. The Morgan fingerprint density at radius 3 is 2.15 bits per heavy atom. The number of hydrogen-bond acceptors (Lipinski definition) is 12. The van der Waals surface area contributed by atoms with Gasteiger partial charge in [-0.1, -0.05) is 45.3 Å². The summed E-state index contributed by atoms with van der Waals surface area (Å²) in [5, 5.41) is 4.78. The Labute approximate surface area is 326 Å². The fraction of sp³-hybridized carbons (Fsp3) is 0.595. The van der Waals surface area contributed by atoms with Gasteiger partial charge in [-0.3, -0.25) is 9.78 Å². The van der Waals surface area contributed by atoms with Crippen LogP contribution in [0.4, 0.5) is 5.82 Å². The molecule has 4 aromatic rings. The van der Waals surface area contributed by atoms with Crippen LogP contribution in [0.3, 0.4) is 0 Å². The van der Waals surface area contributed by atoms with E-state index >= 15 is 0 Å². The number of carbonyl (C=O) groups is 1. The zero-order valence-electron chi connectivity index (χ0n) is 33.6. The van der Waals surface area contributed by atoms with Gasteiger partial charge in [0, 0.05) is 78.4 Å². The van der Waals surface area contributed by atoms with Gasteiger partial charge in [0.1, 0.15) is 29.7 Å². The number of primary amides is 1. The highest BCUT2D eigenvalue weighted by molar-refractivity contribution is 7.91. The van der Waals surface area contributed by atoms with E-state index in [1.807, 2.05) is 17.0 Å². The van der Waals surface area contributed by atoms with Crippen molar-refractivity contribution in [3.63, 3.8) is 0 Å². The van der Waals surface area contributed by atoms with E-state index in [0.717, 1.165) is 17.7 Å². The molecular weight excluding hydrogens is 757 g/mol. The number of nitrogens with one attached hydrogen (secondary N) is 1. The first-order valence-electron chi connectivity index (χ1n) is 18.8. The summed E-state index contributed by atoms with van der Waals surface area (Å²) < 4.78 is 53.6. The van der Waals surface area contributed by atoms with E-state index in [1.165, 1.54) is 6.26 Å². The number of amides is 1. The summed E-state index contributed by atoms with van der Waals surface area (Å²) in [7, 11) is -5.20. The lowest BCUT2D eigenvalue weighted by Gasteiger charge is -2.38. The summed E-state index contributed by atoms with van der Waals surface area (Å²) in [6.45, 7) is 15.5. The van der Waals surface area contributed by atoms with Crippen LogP contribution in [0.15, 0.2) is 41.8 Å². The Bertz CT molecular complexity index is 1970. The number of nitrogens with zero attached hydrogens (tertiary/aromatic N) is 6. The van der Waals surface area contributed by atoms with E-state index in [-0.39, 0.29) is 30.9 Å². The number of methoxy groups -OCH3 is 1. The third-order valence-electron chi connectivity index (χ3n) is 9.87. The second-order valence-electron chi connectivity index (χ2n) is 16.8.